The largest absolute Gasteiger partial charge is 0.444 e. The van der Waals surface area contributed by atoms with Crippen LogP contribution in [0.15, 0.2) is 65.3 Å². The number of hydrogen-bond donors (Lipinski definition) is 1. The predicted molar refractivity (Wildman–Crippen MR) is 118 cm³/mol. The van der Waals surface area contributed by atoms with Crippen molar-refractivity contribution in [3.63, 3.8) is 0 Å². The molecule has 0 aliphatic heterocycles. The third kappa shape index (κ3) is 5.57. The molecule has 0 aliphatic rings. The zero-order valence-corrected chi connectivity index (χ0v) is 18.5. The second-order valence-corrected chi connectivity index (χ2v) is 7.72. The molecular formula is C20H12BrCl2N3O5. The summed E-state index contributed by atoms with van der Waals surface area (Å²) in [7, 11) is 0. The van der Waals surface area contributed by atoms with E-state index in [2.05, 4.69) is 26.2 Å². The molecule has 0 aliphatic carbocycles. The maximum atomic E-state index is 13.0. The number of rotatable bonds is 6. The number of anilines is 1. The molecule has 0 saturated heterocycles. The van der Waals surface area contributed by atoms with Gasteiger partial charge in [0.25, 0.3) is 11.6 Å². The van der Waals surface area contributed by atoms with Crippen LogP contribution in [0.3, 0.4) is 0 Å². The van der Waals surface area contributed by atoms with Crippen molar-refractivity contribution in [1.82, 2.24) is 4.98 Å². The molecule has 0 radical (unpaired) electrons. The third-order valence-electron chi connectivity index (χ3n) is 4.02. The molecule has 1 heterocycles. The van der Waals surface area contributed by atoms with E-state index in [4.69, 9.17) is 27.9 Å². The molecular weight excluding hydrogens is 513 g/mol. The summed E-state index contributed by atoms with van der Waals surface area (Å²) in [6.07, 6.45) is -0.131. The number of benzene rings is 2. The minimum Gasteiger partial charge on any atom is -0.444 e. The summed E-state index contributed by atoms with van der Waals surface area (Å²) in [6.45, 7) is 0. The third-order valence-corrected chi connectivity index (χ3v) is 5.36. The van der Waals surface area contributed by atoms with Gasteiger partial charge in [0, 0.05) is 28.4 Å². The second-order valence-electron chi connectivity index (χ2n) is 6.10. The lowest BCUT2D eigenvalue weighted by Crippen LogP contribution is -2.26. The lowest BCUT2D eigenvalue weighted by molar-refractivity contribution is -0.384. The molecule has 11 heteroatoms. The van der Waals surface area contributed by atoms with Gasteiger partial charge in [0.1, 0.15) is 5.15 Å². The quantitative estimate of drug-likeness (QED) is 0.194. The Labute approximate surface area is 194 Å². The van der Waals surface area contributed by atoms with Gasteiger partial charge < -0.3 is 10.1 Å². The van der Waals surface area contributed by atoms with Crippen molar-refractivity contribution >= 4 is 62.4 Å². The number of pyridine rings is 1. The molecule has 1 unspecified atom stereocenters. The van der Waals surface area contributed by atoms with Gasteiger partial charge in [-0.15, -0.1) is 0 Å². The standard InChI is InChI=1S/C20H12BrCl2N3O5/c21-14-9-13(26(29)30)6-7-16(14)25-19(27)17(11-4-2-1-3-5-11)31-20(28)12-8-15(22)18(23)24-10-12/h1-10,17H,(H,25,27). The van der Waals surface area contributed by atoms with Crippen molar-refractivity contribution in [2.24, 2.45) is 0 Å². The fourth-order valence-corrected chi connectivity index (χ4v) is 3.26. The van der Waals surface area contributed by atoms with E-state index in [0.29, 0.717) is 10.0 Å². The van der Waals surface area contributed by atoms with Crippen molar-refractivity contribution in [2.75, 3.05) is 5.32 Å². The SMILES string of the molecule is O=C(OC(C(=O)Nc1ccc([N+](=O)[O-])cc1Br)c1ccccc1)c1cnc(Cl)c(Cl)c1. The minimum absolute atomic E-state index is 0.0136. The van der Waals surface area contributed by atoms with Crippen LogP contribution in [-0.2, 0) is 9.53 Å². The topological polar surface area (TPSA) is 111 Å². The maximum absolute atomic E-state index is 13.0. The number of nitro benzene ring substituents is 1. The Bertz CT molecular complexity index is 1160. The Hall–Kier alpha value is -3.01. The van der Waals surface area contributed by atoms with Gasteiger partial charge in [-0.25, -0.2) is 9.78 Å². The fourth-order valence-electron chi connectivity index (χ4n) is 2.53. The van der Waals surface area contributed by atoms with Crippen LogP contribution in [-0.4, -0.2) is 21.8 Å². The van der Waals surface area contributed by atoms with Gasteiger partial charge in [-0.2, -0.15) is 0 Å². The van der Waals surface area contributed by atoms with Gasteiger partial charge in [-0.05, 0) is 28.1 Å². The summed E-state index contributed by atoms with van der Waals surface area (Å²) in [4.78, 5) is 39.7. The number of nitrogens with one attached hydrogen (secondary N) is 1. The molecule has 8 nitrogen and oxygen atoms in total. The Morgan fingerprint density at radius 1 is 1.13 bits per heavy atom. The Balaban J connectivity index is 1.87. The highest BCUT2D eigenvalue weighted by Gasteiger charge is 2.27. The van der Waals surface area contributed by atoms with E-state index in [1.807, 2.05) is 0 Å². The highest BCUT2D eigenvalue weighted by Crippen LogP contribution is 2.29. The molecule has 2 aromatic carbocycles. The lowest BCUT2D eigenvalue weighted by atomic mass is 10.1. The number of amides is 1. The summed E-state index contributed by atoms with van der Waals surface area (Å²) in [6, 6.07) is 13.5. The van der Waals surface area contributed by atoms with E-state index in [9.17, 15) is 19.7 Å². The molecule has 1 atom stereocenters. The first-order valence-electron chi connectivity index (χ1n) is 8.58. The number of aromatic nitrogens is 1. The van der Waals surface area contributed by atoms with Crippen LogP contribution < -0.4 is 5.32 Å². The first-order chi connectivity index (χ1) is 14.8. The van der Waals surface area contributed by atoms with Crippen molar-refractivity contribution in [1.29, 1.82) is 0 Å². The number of hydrogen-bond acceptors (Lipinski definition) is 6. The van der Waals surface area contributed by atoms with E-state index in [-0.39, 0.29) is 27.1 Å². The van der Waals surface area contributed by atoms with Gasteiger partial charge in [-0.3, -0.25) is 14.9 Å². The van der Waals surface area contributed by atoms with Crippen LogP contribution in [0.4, 0.5) is 11.4 Å². The molecule has 3 aromatic rings. The molecule has 0 saturated carbocycles. The van der Waals surface area contributed by atoms with E-state index in [1.54, 1.807) is 30.3 Å². The molecule has 0 spiro atoms. The molecule has 0 fully saturated rings. The van der Waals surface area contributed by atoms with E-state index < -0.39 is 22.9 Å². The molecule has 1 aromatic heterocycles. The van der Waals surface area contributed by atoms with Crippen molar-refractivity contribution in [2.45, 2.75) is 6.10 Å². The van der Waals surface area contributed by atoms with Crippen LogP contribution in [0, 0.1) is 10.1 Å². The molecule has 1 N–H and O–H groups in total. The Morgan fingerprint density at radius 3 is 2.45 bits per heavy atom. The zero-order chi connectivity index (χ0) is 22.5. The Kier molecular flexibility index (Phi) is 7.21. The minimum atomic E-state index is -1.31. The number of non-ortho nitro benzene ring substituents is 1. The normalized spacial score (nSPS) is 11.5. The lowest BCUT2D eigenvalue weighted by Gasteiger charge is -2.18. The maximum Gasteiger partial charge on any atom is 0.340 e. The number of carbonyl (C=O) groups is 2. The number of nitrogens with zero attached hydrogens (tertiary/aromatic N) is 2. The molecule has 3 rings (SSSR count). The van der Waals surface area contributed by atoms with Crippen LogP contribution >= 0.6 is 39.1 Å². The summed E-state index contributed by atoms with van der Waals surface area (Å²) in [5, 5.41) is 13.6. The van der Waals surface area contributed by atoms with E-state index in [0.717, 1.165) is 0 Å². The second kappa shape index (κ2) is 9.86. The monoisotopic (exact) mass is 523 g/mol. The molecule has 31 heavy (non-hydrogen) atoms. The summed E-state index contributed by atoms with van der Waals surface area (Å²) >= 11 is 14.9. The van der Waals surface area contributed by atoms with Gasteiger partial charge in [0.15, 0.2) is 0 Å². The first kappa shape index (κ1) is 22.7. The smallest absolute Gasteiger partial charge is 0.340 e. The Morgan fingerprint density at radius 2 is 1.84 bits per heavy atom. The molecule has 158 valence electrons. The van der Waals surface area contributed by atoms with Crippen LogP contribution in [0.1, 0.15) is 22.0 Å². The number of carbonyl (C=O) groups excluding carboxylic acids is 2. The van der Waals surface area contributed by atoms with E-state index >= 15 is 0 Å². The van der Waals surface area contributed by atoms with Gasteiger partial charge in [-0.1, -0.05) is 53.5 Å². The van der Waals surface area contributed by atoms with E-state index in [1.165, 1.54) is 30.5 Å². The van der Waals surface area contributed by atoms with Crippen LogP contribution in [0.25, 0.3) is 0 Å². The number of halogens is 3. The average Bonchev–Trinajstić information content (AvgIpc) is 2.75. The number of esters is 1. The van der Waals surface area contributed by atoms with Gasteiger partial charge >= 0.3 is 5.97 Å². The summed E-state index contributed by atoms with van der Waals surface area (Å²) in [5.41, 5.74) is 0.547. The first-order valence-corrected chi connectivity index (χ1v) is 10.1. The summed E-state index contributed by atoms with van der Waals surface area (Å²) in [5.74, 6) is -1.50. The van der Waals surface area contributed by atoms with Crippen LogP contribution in [0.2, 0.25) is 10.2 Å². The zero-order valence-electron chi connectivity index (χ0n) is 15.4. The highest BCUT2D eigenvalue weighted by atomic mass is 79.9. The number of nitro groups is 1. The molecule has 1 amide bonds. The predicted octanol–water partition coefficient (Wildman–Crippen LogP) is 5.60. The summed E-state index contributed by atoms with van der Waals surface area (Å²) < 4.78 is 5.73. The average molecular weight is 525 g/mol. The van der Waals surface area contributed by atoms with Crippen molar-refractivity contribution in [3.05, 3.63) is 96.7 Å². The fraction of sp³-hybridized carbons (Fsp3) is 0.0500. The van der Waals surface area contributed by atoms with Crippen molar-refractivity contribution in [3.8, 4) is 0 Å². The van der Waals surface area contributed by atoms with Crippen molar-refractivity contribution < 1.29 is 19.2 Å². The molecule has 0 bridgehead atoms. The highest BCUT2D eigenvalue weighted by molar-refractivity contribution is 9.10. The van der Waals surface area contributed by atoms with Crippen LogP contribution in [0.5, 0.6) is 0 Å². The van der Waals surface area contributed by atoms with Gasteiger partial charge in [0.05, 0.1) is 21.2 Å². The van der Waals surface area contributed by atoms with Gasteiger partial charge in [0.2, 0.25) is 6.10 Å². The number of ether oxygens (including phenoxy) is 1.